The summed E-state index contributed by atoms with van der Waals surface area (Å²) in [7, 11) is 2.26. The van der Waals surface area contributed by atoms with Crippen LogP contribution in [-0.2, 0) is 4.74 Å². The molecule has 1 N–H and O–H groups in total. The molecule has 0 saturated heterocycles. The van der Waals surface area contributed by atoms with Gasteiger partial charge in [-0.25, -0.2) is 0 Å². The molecular formula is C15H20N2O. The van der Waals surface area contributed by atoms with Crippen molar-refractivity contribution in [1.29, 1.82) is 0 Å². The maximum atomic E-state index is 5.93. The SMILES string of the molecule is CN1CC2=C3C(=CCC[C@@H]31)[C@H]1OC=CN[C@@H]1CC2. The zero-order chi connectivity index (χ0) is 12.1. The van der Waals surface area contributed by atoms with Crippen LogP contribution in [0, 0.1) is 0 Å². The van der Waals surface area contributed by atoms with Gasteiger partial charge in [0.15, 0.2) is 0 Å². The summed E-state index contributed by atoms with van der Waals surface area (Å²) in [4.78, 5) is 2.52. The Hall–Kier alpha value is -1.22. The average molecular weight is 244 g/mol. The standard InChI is InChI=1S/C15H20N2O/c1-17-9-10-5-6-12-15(18-8-7-16-12)11-3-2-4-13(17)14(10)11/h3,7-8,12-13,15-16H,2,4-6,9H2,1H3/t12-,13+,15-/m1/s1. The highest BCUT2D eigenvalue weighted by Crippen LogP contribution is 2.43. The molecular weight excluding hydrogens is 224 g/mol. The van der Waals surface area contributed by atoms with Crippen LogP contribution in [0.4, 0.5) is 0 Å². The molecule has 0 radical (unpaired) electrons. The Morgan fingerprint density at radius 2 is 2.33 bits per heavy atom. The highest BCUT2D eigenvalue weighted by molar-refractivity contribution is 5.49. The second-order valence-electron chi connectivity index (χ2n) is 5.86. The van der Waals surface area contributed by atoms with Crippen LogP contribution in [0.2, 0.25) is 0 Å². The van der Waals surface area contributed by atoms with E-state index in [-0.39, 0.29) is 6.10 Å². The third-order valence-electron chi connectivity index (χ3n) is 4.83. The van der Waals surface area contributed by atoms with Gasteiger partial charge in [-0.1, -0.05) is 11.6 Å². The van der Waals surface area contributed by atoms with Gasteiger partial charge in [-0.15, -0.1) is 0 Å². The van der Waals surface area contributed by atoms with Gasteiger partial charge in [-0.3, -0.25) is 4.90 Å². The molecule has 0 fully saturated rings. The summed E-state index contributed by atoms with van der Waals surface area (Å²) >= 11 is 0. The molecule has 4 aliphatic rings. The fourth-order valence-electron chi connectivity index (χ4n) is 4.03. The minimum Gasteiger partial charge on any atom is -0.490 e. The van der Waals surface area contributed by atoms with Gasteiger partial charge in [0.05, 0.1) is 12.3 Å². The van der Waals surface area contributed by atoms with Crippen LogP contribution >= 0.6 is 0 Å². The first-order valence-corrected chi connectivity index (χ1v) is 7.03. The molecule has 96 valence electrons. The molecule has 2 heterocycles. The summed E-state index contributed by atoms with van der Waals surface area (Å²) in [5, 5.41) is 3.48. The fraction of sp³-hybridized carbons (Fsp3) is 0.600. The van der Waals surface area contributed by atoms with Crippen molar-refractivity contribution in [2.24, 2.45) is 0 Å². The minimum absolute atomic E-state index is 0.233. The molecule has 4 rings (SSSR count). The Balaban J connectivity index is 1.78. The Morgan fingerprint density at radius 1 is 1.39 bits per heavy atom. The van der Waals surface area contributed by atoms with E-state index in [0.29, 0.717) is 12.1 Å². The molecule has 2 aliphatic carbocycles. The van der Waals surface area contributed by atoms with Gasteiger partial charge in [0.2, 0.25) is 0 Å². The zero-order valence-electron chi connectivity index (χ0n) is 10.9. The number of ether oxygens (including phenoxy) is 1. The average Bonchev–Trinajstić information content (AvgIpc) is 2.64. The van der Waals surface area contributed by atoms with Crippen LogP contribution in [0.25, 0.3) is 0 Å². The number of hydrogen-bond acceptors (Lipinski definition) is 3. The van der Waals surface area contributed by atoms with Crippen molar-refractivity contribution >= 4 is 0 Å². The monoisotopic (exact) mass is 244 g/mol. The van der Waals surface area contributed by atoms with Gasteiger partial charge in [-0.05, 0) is 43.9 Å². The summed E-state index contributed by atoms with van der Waals surface area (Å²) < 4.78 is 5.93. The Labute approximate surface area is 108 Å². The maximum absolute atomic E-state index is 5.93. The van der Waals surface area contributed by atoms with Crippen molar-refractivity contribution in [3.63, 3.8) is 0 Å². The van der Waals surface area contributed by atoms with Gasteiger partial charge in [0.25, 0.3) is 0 Å². The number of rotatable bonds is 0. The van der Waals surface area contributed by atoms with Gasteiger partial charge in [0.1, 0.15) is 6.10 Å². The van der Waals surface area contributed by atoms with Crippen LogP contribution in [0.15, 0.2) is 35.3 Å². The number of allylic oxidation sites excluding steroid dienone is 1. The molecule has 3 nitrogen and oxygen atoms in total. The van der Waals surface area contributed by atoms with Crippen LogP contribution < -0.4 is 5.32 Å². The van der Waals surface area contributed by atoms with Crippen LogP contribution in [0.3, 0.4) is 0 Å². The minimum atomic E-state index is 0.233. The number of nitrogens with zero attached hydrogens (tertiary/aromatic N) is 1. The van der Waals surface area contributed by atoms with Crippen molar-refractivity contribution in [2.45, 2.75) is 43.9 Å². The van der Waals surface area contributed by atoms with Crippen LogP contribution in [0.5, 0.6) is 0 Å². The number of nitrogens with one attached hydrogen (secondary N) is 1. The van der Waals surface area contributed by atoms with E-state index >= 15 is 0 Å². The van der Waals surface area contributed by atoms with E-state index in [1.807, 2.05) is 12.5 Å². The van der Waals surface area contributed by atoms with Gasteiger partial charge < -0.3 is 10.1 Å². The third kappa shape index (κ3) is 1.40. The molecule has 0 unspecified atom stereocenters. The second-order valence-corrected chi connectivity index (χ2v) is 5.86. The smallest absolute Gasteiger partial charge is 0.143 e. The highest BCUT2D eigenvalue weighted by Gasteiger charge is 2.41. The first-order chi connectivity index (χ1) is 8.84. The molecule has 0 saturated carbocycles. The molecule has 3 heteroatoms. The number of hydrogen-bond donors (Lipinski definition) is 1. The van der Waals surface area contributed by atoms with E-state index in [4.69, 9.17) is 4.74 Å². The number of fused-ring (bicyclic) bond motifs is 2. The summed E-state index contributed by atoms with van der Waals surface area (Å²) in [6.07, 6.45) is 11.3. The predicted octanol–water partition coefficient (Wildman–Crippen LogP) is 1.94. The van der Waals surface area contributed by atoms with Crippen molar-refractivity contribution in [1.82, 2.24) is 10.2 Å². The van der Waals surface area contributed by atoms with Crippen molar-refractivity contribution in [3.05, 3.63) is 35.3 Å². The summed E-state index contributed by atoms with van der Waals surface area (Å²) in [6.45, 7) is 1.16. The summed E-state index contributed by atoms with van der Waals surface area (Å²) in [5.74, 6) is 0. The predicted molar refractivity (Wildman–Crippen MR) is 70.9 cm³/mol. The molecule has 0 aromatic rings. The quantitative estimate of drug-likeness (QED) is 0.705. The maximum Gasteiger partial charge on any atom is 0.143 e. The van der Waals surface area contributed by atoms with Gasteiger partial charge in [0, 0.05) is 18.8 Å². The second kappa shape index (κ2) is 3.89. The first kappa shape index (κ1) is 10.7. The van der Waals surface area contributed by atoms with E-state index in [9.17, 15) is 0 Å². The van der Waals surface area contributed by atoms with E-state index in [2.05, 4.69) is 23.3 Å². The lowest BCUT2D eigenvalue weighted by Gasteiger charge is -2.35. The molecule has 0 aromatic carbocycles. The molecule has 0 amide bonds. The van der Waals surface area contributed by atoms with Crippen LogP contribution in [0.1, 0.15) is 25.7 Å². The summed E-state index contributed by atoms with van der Waals surface area (Å²) in [5.41, 5.74) is 4.76. The zero-order valence-corrected chi connectivity index (χ0v) is 10.9. The van der Waals surface area contributed by atoms with Crippen molar-refractivity contribution in [2.75, 3.05) is 13.6 Å². The number of likely N-dealkylation sites (N-methyl/N-ethyl adjacent to an activating group) is 1. The largest absolute Gasteiger partial charge is 0.490 e. The normalized spacial score (nSPS) is 38.3. The van der Waals surface area contributed by atoms with Crippen molar-refractivity contribution in [3.8, 4) is 0 Å². The van der Waals surface area contributed by atoms with Crippen LogP contribution in [-0.4, -0.2) is 36.7 Å². The van der Waals surface area contributed by atoms with Gasteiger partial charge in [-0.2, -0.15) is 0 Å². The van der Waals surface area contributed by atoms with Gasteiger partial charge >= 0.3 is 0 Å². The lowest BCUT2D eigenvalue weighted by atomic mass is 9.84. The molecule has 3 atom stereocenters. The first-order valence-electron chi connectivity index (χ1n) is 7.03. The summed E-state index contributed by atoms with van der Waals surface area (Å²) in [6, 6.07) is 1.10. The lowest BCUT2D eigenvalue weighted by Crippen LogP contribution is -2.43. The Kier molecular flexibility index (Phi) is 2.31. The molecule has 0 aromatic heterocycles. The molecule has 0 spiro atoms. The van der Waals surface area contributed by atoms with E-state index < -0.39 is 0 Å². The van der Waals surface area contributed by atoms with E-state index in [1.54, 1.807) is 11.1 Å². The van der Waals surface area contributed by atoms with Crippen molar-refractivity contribution < 1.29 is 4.74 Å². The van der Waals surface area contributed by atoms with E-state index in [0.717, 1.165) is 6.54 Å². The topological polar surface area (TPSA) is 24.5 Å². The third-order valence-corrected chi connectivity index (χ3v) is 4.83. The molecule has 2 aliphatic heterocycles. The molecule has 0 bridgehead atoms. The molecule has 18 heavy (non-hydrogen) atoms. The Bertz CT molecular complexity index is 463. The Morgan fingerprint density at radius 3 is 3.28 bits per heavy atom. The lowest BCUT2D eigenvalue weighted by molar-refractivity contribution is 0.118. The highest BCUT2D eigenvalue weighted by atomic mass is 16.5. The fourth-order valence-corrected chi connectivity index (χ4v) is 4.03. The van der Waals surface area contributed by atoms with E-state index in [1.165, 1.54) is 31.3 Å².